The highest BCUT2D eigenvalue weighted by Crippen LogP contribution is 2.48. The molecule has 6 rings (SSSR count). The lowest BCUT2D eigenvalue weighted by Crippen LogP contribution is -2.46. The number of piperidine rings is 1. The molecule has 3 aliphatic heterocycles. The number of aromatic nitrogens is 2. The van der Waals surface area contributed by atoms with Crippen LogP contribution in [0.15, 0.2) is 18.2 Å². The fourth-order valence-corrected chi connectivity index (χ4v) is 6.20. The van der Waals surface area contributed by atoms with Crippen LogP contribution in [0.3, 0.4) is 0 Å². The molecule has 32 heavy (non-hydrogen) atoms. The van der Waals surface area contributed by atoms with Crippen molar-refractivity contribution < 1.29 is 13.6 Å². The lowest BCUT2D eigenvalue weighted by Gasteiger charge is -2.39. The average Bonchev–Trinajstić information content (AvgIpc) is 3.44. The number of benzene rings is 1. The van der Waals surface area contributed by atoms with E-state index in [1.165, 1.54) is 17.7 Å². The van der Waals surface area contributed by atoms with Crippen molar-refractivity contribution in [3.8, 4) is 0 Å². The smallest absolute Gasteiger partial charge is 0.245 e. The van der Waals surface area contributed by atoms with Gasteiger partial charge in [0.15, 0.2) is 0 Å². The monoisotopic (exact) mass is 459 g/mol. The Hall–Kier alpha value is -2.32. The lowest BCUT2D eigenvalue weighted by molar-refractivity contribution is -0.143. The fourth-order valence-electron chi connectivity index (χ4n) is 6.02. The number of halogens is 3. The van der Waals surface area contributed by atoms with E-state index in [-0.39, 0.29) is 17.2 Å². The summed E-state index contributed by atoms with van der Waals surface area (Å²) in [4.78, 5) is 24.8. The van der Waals surface area contributed by atoms with Crippen LogP contribution in [0.1, 0.15) is 48.5 Å². The van der Waals surface area contributed by atoms with Crippen molar-refractivity contribution in [3.05, 3.63) is 51.9 Å². The Kier molecular flexibility index (Phi) is 4.66. The van der Waals surface area contributed by atoms with Gasteiger partial charge in [0.25, 0.3) is 0 Å². The number of amides is 1. The maximum absolute atomic E-state index is 13.8. The van der Waals surface area contributed by atoms with Crippen molar-refractivity contribution in [2.24, 2.45) is 5.41 Å². The van der Waals surface area contributed by atoms with Crippen molar-refractivity contribution in [3.63, 3.8) is 0 Å². The second kappa shape index (κ2) is 7.35. The van der Waals surface area contributed by atoms with Crippen molar-refractivity contribution in [2.45, 2.75) is 44.6 Å². The quantitative estimate of drug-likeness (QED) is 0.641. The number of nitrogens with zero attached hydrogens (tertiary/aromatic N) is 5. The highest BCUT2D eigenvalue weighted by atomic mass is 35.5. The summed E-state index contributed by atoms with van der Waals surface area (Å²) in [6.45, 7) is 2.84. The molecule has 9 heteroatoms. The highest BCUT2D eigenvalue weighted by Gasteiger charge is 2.56. The van der Waals surface area contributed by atoms with Gasteiger partial charge in [-0.1, -0.05) is 0 Å². The third-order valence-electron chi connectivity index (χ3n) is 7.58. The Bertz CT molecular complexity index is 1080. The molecule has 0 saturated carbocycles. The average molecular weight is 460 g/mol. The maximum atomic E-state index is 13.8. The van der Waals surface area contributed by atoms with Gasteiger partial charge in [-0.25, -0.2) is 23.8 Å². The number of hydrogen-bond acceptors (Lipinski definition) is 5. The van der Waals surface area contributed by atoms with E-state index in [2.05, 4.69) is 19.9 Å². The summed E-state index contributed by atoms with van der Waals surface area (Å²) in [6.07, 6.45) is 5.10. The molecule has 0 radical (unpaired) electrons. The minimum atomic E-state index is -0.607. The van der Waals surface area contributed by atoms with Gasteiger partial charge in [0, 0.05) is 37.8 Å². The fraction of sp³-hybridized carbons (Fsp3) is 0.522. The first-order valence-electron chi connectivity index (χ1n) is 11.3. The number of hydrogen-bond donors (Lipinski definition) is 0. The molecular formula is C23H24ClF2N5O. The van der Waals surface area contributed by atoms with Gasteiger partial charge in [0.1, 0.15) is 17.5 Å². The molecule has 1 spiro atoms. The van der Waals surface area contributed by atoms with Gasteiger partial charge in [-0.3, -0.25) is 9.80 Å². The Morgan fingerprint density at radius 3 is 2.53 bits per heavy atom. The summed E-state index contributed by atoms with van der Waals surface area (Å²) in [7, 11) is 0. The van der Waals surface area contributed by atoms with E-state index in [1.807, 2.05) is 0 Å². The number of anilines is 1. The zero-order chi connectivity index (χ0) is 22.0. The first-order valence-corrected chi connectivity index (χ1v) is 11.7. The van der Waals surface area contributed by atoms with Crippen molar-refractivity contribution >= 4 is 23.3 Å². The predicted octanol–water partition coefficient (Wildman–Crippen LogP) is 3.69. The molecule has 1 aromatic heterocycles. The molecule has 1 atom stereocenters. The Labute approximate surface area is 190 Å². The highest BCUT2D eigenvalue weighted by molar-refractivity contribution is 6.28. The minimum absolute atomic E-state index is 0.0790. The van der Waals surface area contributed by atoms with Crippen LogP contribution in [0.25, 0.3) is 0 Å². The lowest BCUT2D eigenvalue weighted by atomic mass is 9.77. The van der Waals surface area contributed by atoms with Gasteiger partial charge >= 0.3 is 0 Å². The van der Waals surface area contributed by atoms with Crippen LogP contribution >= 0.6 is 11.6 Å². The number of carbonyl (C=O) groups excluding carboxylic acids is 1. The molecule has 1 aliphatic carbocycles. The Balaban J connectivity index is 1.23. The van der Waals surface area contributed by atoms with E-state index in [1.54, 1.807) is 5.01 Å². The summed E-state index contributed by atoms with van der Waals surface area (Å²) in [6, 6.07) is 3.25. The van der Waals surface area contributed by atoms with Gasteiger partial charge in [0.2, 0.25) is 11.2 Å². The summed E-state index contributed by atoms with van der Waals surface area (Å²) >= 11 is 6.18. The zero-order valence-corrected chi connectivity index (χ0v) is 18.4. The van der Waals surface area contributed by atoms with Crippen LogP contribution in [0.2, 0.25) is 5.28 Å². The van der Waals surface area contributed by atoms with E-state index in [0.29, 0.717) is 18.5 Å². The molecule has 0 bridgehead atoms. The second-order valence-corrected chi connectivity index (χ2v) is 9.75. The van der Waals surface area contributed by atoms with Crippen LogP contribution in [-0.4, -0.2) is 52.1 Å². The molecule has 4 heterocycles. The molecule has 1 amide bonds. The summed E-state index contributed by atoms with van der Waals surface area (Å²) in [5, 5.41) is 4.13. The van der Waals surface area contributed by atoms with Crippen molar-refractivity contribution in [1.82, 2.24) is 20.0 Å². The van der Waals surface area contributed by atoms with Crippen LogP contribution in [0, 0.1) is 17.0 Å². The summed E-state index contributed by atoms with van der Waals surface area (Å²) in [5.74, 6) is -0.213. The zero-order valence-electron chi connectivity index (χ0n) is 17.7. The van der Waals surface area contributed by atoms with Crippen LogP contribution in [-0.2, 0) is 17.6 Å². The third kappa shape index (κ3) is 3.10. The van der Waals surface area contributed by atoms with Gasteiger partial charge in [0.05, 0.1) is 17.2 Å². The van der Waals surface area contributed by atoms with Gasteiger partial charge in [-0.15, -0.1) is 0 Å². The molecule has 3 saturated heterocycles. The van der Waals surface area contributed by atoms with E-state index >= 15 is 0 Å². The number of fused-ring (bicyclic) bond motifs is 2. The second-order valence-electron chi connectivity index (χ2n) is 9.41. The van der Waals surface area contributed by atoms with Gasteiger partial charge in [-0.05, 0) is 67.8 Å². The summed E-state index contributed by atoms with van der Waals surface area (Å²) < 4.78 is 27.6. The Morgan fingerprint density at radius 1 is 1.03 bits per heavy atom. The van der Waals surface area contributed by atoms with E-state index in [0.717, 1.165) is 69.3 Å². The largest absolute Gasteiger partial charge is 0.356 e. The maximum Gasteiger partial charge on any atom is 0.245 e. The Morgan fingerprint density at radius 2 is 1.78 bits per heavy atom. The number of rotatable bonds is 2. The minimum Gasteiger partial charge on any atom is -0.356 e. The molecule has 0 unspecified atom stereocenters. The van der Waals surface area contributed by atoms with Crippen molar-refractivity contribution in [2.75, 3.05) is 31.1 Å². The normalized spacial score (nSPS) is 24.5. The van der Waals surface area contributed by atoms with E-state index in [4.69, 9.17) is 11.6 Å². The first-order chi connectivity index (χ1) is 15.4. The third-order valence-corrected chi connectivity index (χ3v) is 7.75. The molecule has 6 nitrogen and oxygen atoms in total. The van der Waals surface area contributed by atoms with Gasteiger partial charge < -0.3 is 4.90 Å². The topological polar surface area (TPSA) is 52.6 Å². The molecule has 168 valence electrons. The molecule has 2 aromatic rings. The predicted molar refractivity (Wildman–Crippen MR) is 115 cm³/mol. The number of carbonyl (C=O) groups is 1. The molecule has 3 fully saturated rings. The number of hydrazine groups is 1. The van der Waals surface area contributed by atoms with Crippen LogP contribution < -0.4 is 4.90 Å². The molecule has 1 aromatic carbocycles. The molecule has 4 aliphatic rings. The number of aryl methyl sites for hydroxylation is 1. The van der Waals surface area contributed by atoms with E-state index in [9.17, 15) is 13.6 Å². The first kappa shape index (κ1) is 20.3. The van der Waals surface area contributed by atoms with E-state index < -0.39 is 17.0 Å². The standard InChI is InChI=1S/C23H24ClF2N5O/c24-22-27-18-3-1-2-17(18)20(28-22)29-8-5-23(6-9-29)13-30-7-4-19(31(30)21(23)32)14-10-15(25)12-16(26)11-14/h10-12,19H,1-9,13H2/t19-/m0/s1. The summed E-state index contributed by atoms with van der Waals surface area (Å²) in [5.41, 5.74) is 2.31. The van der Waals surface area contributed by atoms with Crippen molar-refractivity contribution in [1.29, 1.82) is 0 Å². The van der Waals surface area contributed by atoms with Crippen LogP contribution in [0.4, 0.5) is 14.6 Å². The van der Waals surface area contributed by atoms with Gasteiger partial charge in [-0.2, -0.15) is 0 Å². The molecule has 0 N–H and O–H groups in total. The molecular weight excluding hydrogens is 436 g/mol. The van der Waals surface area contributed by atoms with Crippen LogP contribution in [0.5, 0.6) is 0 Å². The SMILES string of the molecule is O=C1N2[C@H](c3cc(F)cc(F)c3)CCN2CC12CCN(c1nc(Cl)nc3c1CCC3)CC2.